The third-order valence-corrected chi connectivity index (χ3v) is 5.06. The number of benzene rings is 2. The third kappa shape index (κ3) is 7.13. The Morgan fingerprint density at radius 3 is 2.37 bits per heavy atom. The molecule has 2 aromatic carbocycles. The van der Waals surface area contributed by atoms with Crippen LogP contribution in [-0.4, -0.2) is 21.0 Å². The highest BCUT2D eigenvalue weighted by atomic mass is 79.9. The predicted molar refractivity (Wildman–Crippen MR) is 122 cm³/mol. The fourth-order valence-corrected chi connectivity index (χ4v) is 3.33. The lowest BCUT2D eigenvalue weighted by Gasteiger charge is -2.28. The molecule has 0 saturated heterocycles. The average Bonchev–Trinajstić information content (AvgIpc) is 2.56. The van der Waals surface area contributed by atoms with Gasteiger partial charge < -0.3 is 16.0 Å². The van der Waals surface area contributed by atoms with E-state index in [0.29, 0.717) is 21.3 Å². The van der Waals surface area contributed by atoms with Crippen LogP contribution in [0.25, 0.3) is 0 Å². The molecule has 0 fully saturated rings. The number of anilines is 1. The fraction of sp³-hybridized carbons (Fsp3) is 0.125. The Morgan fingerprint density at radius 1 is 1.07 bits per heavy atom. The molecule has 2 rings (SSSR count). The van der Waals surface area contributed by atoms with Crippen LogP contribution in [0.2, 0.25) is 10.0 Å². The van der Waals surface area contributed by atoms with Crippen LogP contribution in [-0.2, 0) is 0 Å². The lowest BCUT2D eigenvalue weighted by atomic mass is 10.2. The summed E-state index contributed by atoms with van der Waals surface area (Å²) >= 11 is 38.4. The lowest BCUT2D eigenvalue weighted by Crippen LogP contribution is -2.56. The summed E-state index contributed by atoms with van der Waals surface area (Å²) in [5, 5.41) is 9.12. The van der Waals surface area contributed by atoms with Crippen molar-refractivity contribution in [1.82, 2.24) is 10.6 Å². The summed E-state index contributed by atoms with van der Waals surface area (Å²) in [6.07, 6.45) is -1.11. The summed E-state index contributed by atoms with van der Waals surface area (Å²) in [5.41, 5.74) is 0.880. The van der Waals surface area contributed by atoms with Crippen molar-refractivity contribution in [3.8, 4) is 0 Å². The Kier molecular flexibility index (Phi) is 8.31. The predicted octanol–water partition coefficient (Wildman–Crippen LogP) is 6.17. The molecule has 0 spiro atoms. The smallest absolute Gasteiger partial charge is 0.253 e. The number of alkyl halides is 3. The second-order valence-electron chi connectivity index (χ2n) is 5.18. The van der Waals surface area contributed by atoms with E-state index in [2.05, 4.69) is 31.9 Å². The number of rotatable bonds is 4. The minimum Gasteiger partial charge on any atom is -0.339 e. The first-order chi connectivity index (χ1) is 12.6. The summed E-state index contributed by atoms with van der Waals surface area (Å²) in [6, 6.07) is 11.6. The van der Waals surface area contributed by atoms with Gasteiger partial charge in [0.2, 0.25) is 3.79 Å². The first kappa shape index (κ1) is 22.8. The molecule has 0 heterocycles. The largest absolute Gasteiger partial charge is 0.339 e. The van der Waals surface area contributed by atoms with Gasteiger partial charge in [-0.2, -0.15) is 0 Å². The van der Waals surface area contributed by atoms with Crippen molar-refractivity contribution in [2.45, 2.75) is 9.96 Å². The van der Waals surface area contributed by atoms with Crippen LogP contribution in [0.3, 0.4) is 0 Å². The van der Waals surface area contributed by atoms with Gasteiger partial charge in [0, 0.05) is 15.1 Å². The maximum absolute atomic E-state index is 12.4. The van der Waals surface area contributed by atoms with E-state index in [1.54, 1.807) is 42.5 Å². The van der Waals surface area contributed by atoms with Crippen LogP contribution in [0, 0.1) is 0 Å². The van der Waals surface area contributed by atoms with E-state index in [9.17, 15) is 4.79 Å². The van der Waals surface area contributed by atoms with E-state index in [4.69, 9.17) is 70.2 Å². The third-order valence-electron chi connectivity index (χ3n) is 3.14. The number of halogens is 6. The van der Waals surface area contributed by atoms with E-state index in [0.717, 1.165) is 4.47 Å². The summed E-state index contributed by atoms with van der Waals surface area (Å²) < 4.78 is -1.14. The van der Waals surface area contributed by atoms with Crippen LogP contribution < -0.4 is 16.0 Å². The van der Waals surface area contributed by atoms with Gasteiger partial charge in [0.1, 0.15) is 6.17 Å². The average molecular weight is 551 g/mol. The first-order valence-electron chi connectivity index (χ1n) is 7.22. The molecule has 144 valence electrons. The summed E-state index contributed by atoms with van der Waals surface area (Å²) in [4.78, 5) is 12.4. The fourth-order valence-electron chi connectivity index (χ4n) is 1.92. The van der Waals surface area contributed by atoms with Gasteiger partial charge in [-0.15, -0.1) is 0 Å². The Labute approximate surface area is 195 Å². The highest BCUT2D eigenvalue weighted by molar-refractivity contribution is 9.10. The maximum Gasteiger partial charge on any atom is 0.253 e. The minimum absolute atomic E-state index is 0.0880. The quantitative estimate of drug-likeness (QED) is 0.242. The van der Waals surface area contributed by atoms with Crippen molar-refractivity contribution < 1.29 is 4.79 Å². The molecule has 0 bridgehead atoms. The Morgan fingerprint density at radius 2 is 1.78 bits per heavy atom. The zero-order valence-electron chi connectivity index (χ0n) is 13.2. The molecule has 0 unspecified atom stereocenters. The first-order valence-corrected chi connectivity index (χ1v) is 10.3. The molecule has 11 heteroatoms. The van der Waals surface area contributed by atoms with E-state index in [-0.39, 0.29) is 5.11 Å². The normalized spacial score (nSPS) is 12.2. The minimum atomic E-state index is -1.88. The molecule has 3 N–H and O–H groups in total. The number of carbonyl (C=O) groups is 1. The summed E-state index contributed by atoms with van der Waals surface area (Å²) in [6.45, 7) is 0. The van der Waals surface area contributed by atoms with E-state index >= 15 is 0 Å². The van der Waals surface area contributed by atoms with Crippen molar-refractivity contribution >= 4 is 103 Å². The number of hydrogen-bond donors (Lipinski definition) is 3. The molecule has 0 saturated carbocycles. The molecule has 0 aliphatic rings. The Hall–Kier alpha value is -0.470. The Balaban J connectivity index is 2.10. The molecule has 1 amide bonds. The van der Waals surface area contributed by atoms with Gasteiger partial charge in [0.05, 0.1) is 10.7 Å². The number of carbonyl (C=O) groups excluding carboxylic acids is 1. The zero-order valence-corrected chi connectivity index (χ0v) is 19.4. The van der Waals surface area contributed by atoms with E-state index in [1.807, 2.05) is 0 Å². The highest BCUT2D eigenvalue weighted by Crippen LogP contribution is 2.30. The Bertz CT molecular complexity index is 862. The van der Waals surface area contributed by atoms with Gasteiger partial charge in [-0.25, -0.2) is 0 Å². The number of amides is 1. The molecule has 0 aliphatic carbocycles. The van der Waals surface area contributed by atoms with Crippen LogP contribution in [0.15, 0.2) is 46.9 Å². The van der Waals surface area contributed by atoms with Gasteiger partial charge in [-0.05, 0) is 48.6 Å². The SMILES string of the molecule is O=C(N[C@H](NC(=S)Nc1ccc(Cl)cc1Cl)C(Cl)(Cl)Cl)c1cccc(Br)c1. The van der Waals surface area contributed by atoms with Crippen molar-refractivity contribution in [3.63, 3.8) is 0 Å². The lowest BCUT2D eigenvalue weighted by molar-refractivity contribution is 0.0934. The van der Waals surface area contributed by atoms with Crippen molar-refractivity contribution in [1.29, 1.82) is 0 Å². The van der Waals surface area contributed by atoms with Gasteiger partial charge in [0.25, 0.3) is 5.91 Å². The van der Waals surface area contributed by atoms with Gasteiger partial charge in [0.15, 0.2) is 5.11 Å². The topological polar surface area (TPSA) is 53.2 Å². The molecule has 27 heavy (non-hydrogen) atoms. The van der Waals surface area contributed by atoms with E-state index < -0.39 is 15.9 Å². The van der Waals surface area contributed by atoms with Crippen LogP contribution in [0.4, 0.5) is 5.69 Å². The standard InChI is InChI=1S/C16H11BrCl5N3OS/c17-9-3-1-2-8(6-9)13(26)24-14(16(20,21)22)25-15(27)23-12-5-4-10(18)7-11(12)19/h1-7,14H,(H,24,26)(H2,23,25,27)/t14-/m1/s1. The molecule has 4 nitrogen and oxygen atoms in total. The van der Waals surface area contributed by atoms with Crippen molar-refractivity contribution in [2.24, 2.45) is 0 Å². The molecular weight excluding hydrogens is 539 g/mol. The monoisotopic (exact) mass is 547 g/mol. The van der Waals surface area contributed by atoms with Crippen LogP contribution >= 0.6 is 86.2 Å². The zero-order chi connectivity index (χ0) is 20.2. The molecule has 0 aromatic heterocycles. The highest BCUT2D eigenvalue weighted by Gasteiger charge is 2.35. The van der Waals surface area contributed by atoms with Gasteiger partial charge >= 0.3 is 0 Å². The molecular formula is C16H11BrCl5N3OS. The van der Waals surface area contributed by atoms with E-state index in [1.165, 1.54) is 0 Å². The van der Waals surface area contributed by atoms with Crippen molar-refractivity contribution in [3.05, 3.63) is 62.5 Å². The van der Waals surface area contributed by atoms with Crippen molar-refractivity contribution in [2.75, 3.05) is 5.32 Å². The second kappa shape index (κ2) is 9.83. The molecule has 0 aliphatic heterocycles. The molecule has 1 atom stereocenters. The number of hydrogen-bond acceptors (Lipinski definition) is 2. The van der Waals surface area contributed by atoms with Gasteiger partial charge in [-0.1, -0.05) is 80.0 Å². The van der Waals surface area contributed by atoms with Crippen LogP contribution in [0.1, 0.15) is 10.4 Å². The second-order valence-corrected chi connectivity index (χ2v) is 9.72. The summed E-state index contributed by atoms with van der Waals surface area (Å²) in [7, 11) is 0. The molecule has 0 radical (unpaired) electrons. The maximum atomic E-state index is 12.4. The van der Waals surface area contributed by atoms with Gasteiger partial charge in [-0.3, -0.25) is 4.79 Å². The number of thiocarbonyl (C=S) groups is 1. The molecule has 2 aromatic rings. The van der Waals surface area contributed by atoms with Crippen LogP contribution in [0.5, 0.6) is 0 Å². The summed E-state index contributed by atoms with van der Waals surface area (Å²) in [5.74, 6) is -0.451. The number of nitrogens with one attached hydrogen (secondary N) is 3.